The molecule has 1 unspecified atom stereocenters. The highest BCUT2D eigenvalue weighted by Crippen LogP contribution is 2.08. The predicted octanol–water partition coefficient (Wildman–Crippen LogP) is 1.49. The lowest BCUT2D eigenvalue weighted by Gasteiger charge is -2.09. The first kappa shape index (κ1) is 12.7. The highest BCUT2D eigenvalue weighted by molar-refractivity contribution is 7.80. The Morgan fingerprint density at radius 3 is 2.81 bits per heavy atom. The number of amides is 1. The maximum atomic E-state index is 11.6. The van der Waals surface area contributed by atoms with E-state index in [1.807, 2.05) is 13.8 Å². The van der Waals surface area contributed by atoms with Gasteiger partial charge in [0, 0.05) is 18.9 Å². The van der Waals surface area contributed by atoms with Crippen molar-refractivity contribution in [1.82, 2.24) is 5.32 Å². The van der Waals surface area contributed by atoms with E-state index in [2.05, 4.69) is 5.32 Å². The topological polar surface area (TPSA) is 68.3 Å². The predicted molar refractivity (Wildman–Crippen MR) is 66.4 cm³/mol. The molecule has 3 N–H and O–H groups in total. The molecule has 0 aromatic carbocycles. The molecule has 0 bridgehead atoms. The number of thiocarbonyl (C=S) groups is 1. The first-order valence-corrected chi connectivity index (χ1v) is 5.61. The molecule has 0 saturated carbocycles. The van der Waals surface area contributed by atoms with Crippen molar-refractivity contribution in [3.8, 4) is 0 Å². The maximum absolute atomic E-state index is 11.6. The normalized spacial score (nSPS) is 12.1. The molecule has 0 spiro atoms. The fourth-order valence-electron chi connectivity index (χ4n) is 1.12. The summed E-state index contributed by atoms with van der Waals surface area (Å²) in [5.74, 6) is 0.877. The van der Waals surface area contributed by atoms with E-state index >= 15 is 0 Å². The molecule has 0 saturated heterocycles. The highest BCUT2D eigenvalue weighted by Gasteiger charge is 2.12. The minimum absolute atomic E-state index is 0.0143. The molecule has 0 aliphatic rings. The second-order valence-corrected chi connectivity index (χ2v) is 4.10. The van der Waals surface area contributed by atoms with E-state index in [0.717, 1.165) is 12.2 Å². The lowest BCUT2D eigenvalue weighted by atomic mass is 10.2. The molecule has 0 aliphatic heterocycles. The van der Waals surface area contributed by atoms with E-state index in [0.29, 0.717) is 17.3 Å². The fraction of sp³-hybridized carbons (Fsp3) is 0.455. The van der Waals surface area contributed by atoms with Gasteiger partial charge in [-0.25, -0.2) is 0 Å². The van der Waals surface area contributed by atoms with Gasteiger partial charge in [-0.2, -0.15) is 0 Å². The zero-order valence-corrected chi connectivity index (χ0v) is 10.3. The van der Waals surface area contributed by atoms with Crippen molar-refractivity contribution < 1.29 is 9.21 Å². The molecule has 4 nitrogen and oxygen atoms in total. The molecule has 5 heteroatoms. The van der Waals surface area contributed by atoms with Gasteiger partial charge in [-0.3, -0.25) is 4.79 Å². The molecule has 1 aromatic rings. The van der Waals surface area contributed by atoms with Gasteiger partial charge in [-0.05, 0) is 12.1 Å². The van der Waals surface area contributed by atoms with Crippen LogP contribution in [0.1, 0.15) is 30.2 Å². The van der Waals surface area contributed by atoms with Crippen LogP contribution in [-0.2, 0) is 6.42 Å². The molecule has 1 amide bonds. The number of carbonyl (C=O) groups is 1. The summed E-state index contributed by atoms with van der Waals surface area (Å²) in [6.07, 6.45) is 0.774. The Bertz CT molecular complexity index is 387. The van der Waals surface area contributed by atoms with Crippen LogP contribution in [0.4, 0.5) is 0 Å². The molecular weight excluding hydrogens is 224 g/mol. The molecule has 0 radical (unpaired) electrons. The number of hydrogen-bond donors (Lipinski definition) is 2. The standard InChI is InChI=1S/C11H16N2O2S/c1-3-8-4-5-9(15-8)11(14)13-6-7(2)10(12)16/h4-5,7H,3,6H2,1-2H3,(H2,12,16)(H,13,14). The van der Waals surface area contributed by atoms with Crippen LogP contribution in [0.2, 0.25) is 0 Å². The van der Waals surface area contributed by atoms with Crippen LogP contribution < -0.4 is 11.1 Å². The Hall–Kier alpha value is -1.36. The molecule has 1 aromatic heterocycles. The summed E-state index contributed by atoms with van der Waals surface area (Å²) in [6, 6.07) is 3.46. The van der Waals surface area contributed by atoms with E-state index in [9.17, 15) is 4.79 Å². The minimum Gasteiger partial charge on any atom is -0.456 e. The molecular formula is C11H16N2O2S. The van der Waals surface area contributed by atoms with Crippen molar-refractivity contribution in [1.29, 1.82) is 0 Å². The van der Waals surface area contributed by atoms with E-state index in [-0.39, 0.29) is 11.8 Å². The summed E-state index contributed by atoms with van der Waals surface area (Å²) in [5, 5.41) is 2.72. The Morgan fingerprint density at radius 2 is 2.31 bits per heavy atom. The number of aryl methyl sites for hydroxylation is 1. The number of rotatable bonds is 5. The number of furan rings is 1. The monoisotopic (exact) mass is 240 g/mol. The Labute approximate surface area is 100 Å². The van der Waals surface area contributed by atoms with Gasteiger partial charge in [0.1, 0.15) is 5.76 Å². The average molecular weight is 240 g/mol. The van der Waals surface area contributed by atoms with E-state index in [1.165, 1.54) is 0 Å². The fourth-order valence-corrected chi connectivity index (χ4v) is 1.21. The summed E-state index contributed by atoms with van der Waals surface area (Å²) in [7, 11) is 0. The molecule has 0 fully saturated rings. The van der Waals surface area contributed by atoms with Gasteiger partial charge in [0.05, 0.1) is 4.99 Å². The minimum atomic E-state index is -0.234. The Kier molecular flexibility index (Phi) is 4.49. The first-order chi connectivity index (χ1) is 7.54. The third-order valence-corrected chi connectivity index (χ3v) is 2.69. The van der Waals surface area contributed by atoms with Gasteiger partial charge in [0.15, 0.2) is 5.76 Å². The van der Waals surface area contributed by atoms with Crippen LogP contribution in [0.5, 0.6) is 0 Å². The molecule has 1 rings (SSSR count). The second-order valence-electron chi connectivity index (χ2n) is 3.63. The molecule has 1 atom stereocenters. The van der Waals surface area contributed by atoms with Crippen molar-refractivity contribution >= 4 is 23.1 Å². The van der Waals surface area contributed by atoms with Gasteiger partial charge < -0.3 is 15.5 Å². The molecule has 16 heavy (non-hydrogen) atoms. The number of nitrogens with two attached hydrogens (primary N) is 1. The van der Waals surface area contributed by atoms with Crippen molar-refractivity contribution in [2.45, 2.75) is 20.3 Å². The summed E-state index contributed by atoms with van der Waals surface area (Å²) in [6.45, 7) is 4.26. The zero-order chi connectivity index (χ0) is 12.1. The summed E-state index contributed by atoms with van der Waals surface area (Å²) >= 11 is 4.81. The van der Waals surface area contributed by atoms with Gasteiger partial charge in [-0.1, -0.05) is 26.1 Å². The Balaban J connectivity index is 2.49. The summed E-state index contributed by atoms with van der Waals surface area (Å²) in [5.41, 5.74) is 5.44. The molecule has 88 valence electrons. The lowest BCUT2D eigenvalue weighted by Crippen LogP contribution is -2.33. The largest absolute Gasteiger partial charge is 0.456 e. The van der Waals surface area contributed by atoms with Crippen LogP contribution in [0.15, 0.2) is 16.5 Å². The van der Waals surface area contributed by atoms with Crippen LogP contribution in [-0.4, -0.2) is 17.4 Å². The van der Waals surface area contributed by atoms with Crippen LogP contribution >= 0.6 is 12.2 Å². The first-order valence-electron chi connectivity index (χ1n) is 5.20. The lowest BCUT2D eigenvalue weighted by molar-refractivity contribution is 0.0922. The van der Waals surface area contributed by atoms with Gasteiger partial charge >= 0.3 is 0 Å². The zero-order valence-electron chi connectivity index (χ0n) is 9.45. The summed E-state index contributed by atoms with van der Waals surface area (Å²) in [4.78, 5) is 12.0. The maximum Gasteiger partial charge on any atom is 0.287 e. The van der Waals surface area contributed by atoms with Crippen LogP contribution in [0.3, 0.4) is 0 Å². The van der Waals surface area contributed by atoms with Crippen molar-refractivity contribution in [3.05, 3.63) is 23.7 Å². The van der Waals surface area contributed by atoms with Crippen LogP contribution in [0, 0.1) is 5.92 Å². The molecule has 0 aliphatic carbocycles. The highest BCUT2D eigenvalue weighted by atomic mass is 32.1. The summed E-state index contributed by atoms with van der Waals surface area (Å²) < 4.78 is 5.31. The van der Waals surface area contributed by atoms with Crippen molar-refractivity contribution in [3.63, 3.8) is 0 Å². The van der Waals surface area contributed by atoms with Crippen LogP contribution in [0.25, 0.3) is 0 Å². The third-order valence-electron chi connectivity index (χ3n) is 2.29. The van der Waals surface area contributed by atoms with Gasteiger partial charge in [0.25, 0.3) is 5.91 Å². The van der Waals surface area contributed by atoms with E-state index in [1.54, 1.807) is 12.1 Å². The van der Waals surface area contributed by atoms with Gasteiger partial charge in [0.2, 0.25) is 0 Å². The SMILES string of the molecule is CCc1ccc(C(=O)NCC(C)C(N)=S)o1. The average Bonchev–Trinajstić information content (AvgIpc) is 2.73. The Morgan fingerprint density at radius 1 is 1.62 bits per heavy atom. The van der Waals surface area contributed by atoms with Crippen molar-refractivity contribution in [2.75, 3.05) is 6.54 Å². The smallest absolute Gasteiger partial charge is 0.287 e. The van der Waals surface area contributed by atoms with E-state index < -0.39 is 0 Å². The quantitative estimate of drug-likeness (QED) is 0.765. The molecule has 1 heterocycles. The van der Waals surface area contributed by atoms with E-state index in [4.69, 9.17) is 22.4 Å². The van der Waals surface area contributed by atoms with Crippen molar-refractivity contribution in [2.24, 2.45) is 11.7 Å². The van der Waals surface area contributed by atoms with Gasteiger partial charge in [-0.15, -0.1) is 0 Å². The second kappa shape index (κ2) is 5.65. The number of carbonyl (C=O) groups excluding carboxylic acids is 1. The number of nitrogens with one attached hydrogen (secondary N) is 1. The number of hydrogen-bond acceptors (Lipinski definition) is 3. The third kappa shape index (κ3) is 3.34.